The van der Waals surface area contributed by atoms with Crippen LogP contribution in [-0.2, 0) is 4.79 Å². The molecule has 1 heterocycles. The summed E-state index contributed by atoms with van der Waals surface area (Å²) in [6.45, 7) is 7.94. The zero-order valence-electron chi connectivity index (χ0n) is 13.9. The number of amides is 1. The van der Waals surface area contributed by atoms with Gasteiger partial charge in [-0.3, -0.25) is 4.79 Å². The van der Waals surface area contributed by atoms with E-state index < -0.39 is 0 Å². The van der Waals surface area contributed by atoms with Crippen LogP contribution in [0.4, 0.5) is 0 Å². The van der Waals surface area contributed by atoms with Gasteiger partial charge < -0.3 is 15.4 Å². The first kappa shape index (κ1) is 16.8. The fraction of sp³-hybridized carbons (Fsp3) is 0.611. The molecule has 1 saturated heterocycles. The van der Waals surface area contributed by atoms with Crippen molar-refractivity contribution in [3.8, 4) is 5.75 Å². The Hall–Kier alpha value is -1.55. The van der Waals surface area contributed by atoms with Crippen LogP contribution in [0.25, 0.3) is 0 Å². The fourth-order valence-electron chi connectivity index (χ4n) is 2.89. The van der Waals surface area contributed by atoms with Crippen LogP contribution in [0, 0.1) is 5.92 Å². The van der Waals surface area contributed by atoms with Crippen molar-refractivity contribution < 1.29 is 9.53 Å². The summed E-state index contributed by atoms with van der Waals surface area (Å²) >= 11 is 0. The third-order valence-corrected chi connectivity index (χ3v) is 4.11. The molecule has 1 aromatic rings. The van der Waals surface area contributed by atoms with Gasteiger partial charge in [0.1, 0.15) is 5.75 Å². The zero-order valence-corrected chi connectivity index (χ0v) is 13.9. The van der Waals surface area contributed by atoms with Gasteiger partial charge >= 0.3 is 0 Å². The van der Waals surface area contributed by atoms with Crippen LogP contribution in [-0.4, -0.2) is 30.0 Å². The summed E-state index contributed by atoms with van der Waals surface area (Å²) < 4.78 is 5.61. The molecule has 0 aliphatic carbocycles. The SMILES string of the molecule is CCCOc1ccc(C2C(N)CC(=O)N2CCC(C)C)cc1. The lowest BCUT2D eigenvalue weighted by Crippen LogP contribution is -2.34. The second-order valence-corrected chi connectivity index (χ2v) is 6.50. The number of hydrogen-bond acceptors (Lipinski definition) is 3. The van der Waals surface area contributed by atoms with Crippen molar-refractivity contribution in [2.45, 2.75) is 52.1 Å². The maximum atomic E-state index is 12.2. The molecule has 4 heteroatoms. The van der Waals surface area contributed by atoms with Crippen molar-refractivity contribution in [3.63, 3.8) is 0 Å². The molecule has 2 rings (SSSR count). The summed E-state index contributed by atoms with van der Waals surface area (Å²) in [5, 5.41) is 0. The number of ether oxygens (including phenoxy) is 1. The second-order valence-electron chi connectivity index (χ2n) is 6.50. The minimum atomic E-state index is -0.123. The Kier molecular flexibility index (Phi) is 5.83. The molecule has 2 unspecified atom stereocenters. The Labute approximate surface area is 133 Å². The van der Waals surface area contributed by atoms with Crippen molar-refractivity contribution >= 4 is 5.91 Å². The standard InChI is InChI=1S/C18H28N2O2/c1-4-11-22-15-7-5-14(6-8-15)18-16(19)12-17(21)20(18)10-9-13(2)3/h5-8,13,16,18H,4,9-12,19H2,1-3H3. The number of likely N-dealkylation sites (tertiary alicyclic amines) is 1. The van der Waals surface area contributed by atoms with E-state index in [0.717, 1.165) is 37.3 Å². The van der Waals surface area contributed by atoms with Crippen molar-refractivity contribution in [3.05, 3.63) is 29.8 Å². The van der Waals surface area contributed by atoms with Crippen LogP contribution >= 0.6 is 0 Å². The van der Waals surface area contributed by atoms with Gasteiger partial charge in [0.2, 0.25) is 5.91 Å². The summed E-state index contributed by atoms with van der Waals surface area (Å²) in [6, 6.07) is 7.89. The Balaban J connectivity index is 2.11. The van der Waals surface area contributed by atoms with E-state index in [4.69, 9.17) is 10.5 Å². The second kappa shape index (κ2) is 7.63. The predicted octanol–water partition coefficient (Wildman–Crippen LogP) is 3.12. The van der Waals surface area contributed by atoms with E-state index in [1.54, 1.807) is 0 Å². The minimum absolute atomic E-state index is 0.00789. The Morgan fingerprint density at radius 1 is 1.32 bits per heavy atom. The van der Waals surface area contributed by atoms with Gasteiger partial charge in [0.25, 0.3) is 0 Å². The maximum absolute atomic E-state index is 12.2. The number of nitrogens with zero attached hydrogens (tertiary/aromatic N) is 1. The van der Waals surface area contributed by atoms with Gasteiger partial charge in [-0.15, -0.1) is 0 Å². The molecule has 4 nitrogen and oxygen atoms in total. The molecule has 1 fully saturated rings. The molecule has 0 aromatic heterocycles. The molecular formula is C18H28N2O2. The first-order valence-corrected chi connectivity index (χ1v) is 8.30. The number of nitrogens with two attached hydrogens (primary N) is 1. The largest absolute Gasteiger partial charge is 0.494 e. The number of rotatable bonds is 7. The van der Waals surface area contributed by atoms with Crippen molar-refractivity contribution in [2.24, 2.45) is 11.7 Å². The lowest BCUT2D eigenvalue weighted by atomic mass is 10.00. The molecule has 1 amide bonds. The summed E-state index contributed by atoms with van der Waals surface area (Å²) in [5.74, 6) is 1.62. The smallest absolute Gasteiger partial charge is 0.224 e. The predicted molar refractivity (Wildman–Crippen MR) is 88.7 cm³/mol. The zero-order chi connectivity index (χ0) is 16.1. The molecule has 0 spiro atoms. The summed E-state index contributed by atoms with van der Waals surface area (Å²) in [7, 11) is 0. The molecule has 122 valence electrons. The van der Waals surface area contributed by atoms with Crippen molar-refractivity contribution in [1.29, 1.82) is 0 Å². The molecule has 0 radical (unpaired) electrons. The van der Waals surface area contributed by atoms with Crippen LogP contribution in [0.2, 0.25) is 0 Å². The molecule has 0 bridgehead atoms. The van der Waals surface area contributed by atoms with Crippen LogP contribution in [0.5, 0.6) is 5.75 Å². The molecule has 2 N–H and O–H groups in total. The van der Waals surface area contributed by atoms with Crippen molar-refractivity contribution in [2.75, 3.05) is 13.2 Å². The van der Waals surface area contributed by atoms with Gasteiger partial charge in [-0.1, -0.05) is 32.9 Å². The minimum Gasteiger partial charge on any atom is -0.494 e. The Morgan fingerprint density at radius 3 is 2.59 bits per heavy atom. The van der Waals surface area contributed by atoms with Gasteiger partial charge in [-0.2, -0.15) is 0 Å². The van der Waals surface area contributed by atoms with E-state index >= 15 is 0 Å². The number of benzene rings is 1. The van der Waals surface area contributed by atoms with E-state index in [0.29, 0.717) is 12.3 Å². The number of hydrogen-bond donors (Lipinski definition) is 1. The first-order valence-electron chi connectivity index (χ1n) is 8.30. The highest BCUT2D eigenvalue weighted by Crippen LogP contribution is 2.33. The molecule has 2 atom stereocenters. The first-order chi connectivity index (χ1) is 10.5. The molecule has 22 heavy (non-hydrogen) atoms. The van der Waals surface area contributed by atoms with Crippen LogP contribution in [0.15, 0.2) is 24.3 Å². The fourth-order valence-corrected chi connectivity index (χ4v) is 2.89. The highest BCUT2D eigenvalue weighted by Gasteiger charge is 2.38. The normalized spacial score (nSPS) is 21.7. The highest BCUT2D eigenvalue weighted by atomic mass is 16.5. The Bertz CT molecular complexity index is 484. The Morgan fingerprint density at radius 2 is 2.00 bits per heavy atom. The topological polar surface area (TPSA) is 55.6 Å². The summed E-state index contributed by atoms with van der Waals surface area (Å²) in [6.07, 6.45) is 2.44. The van der Waals surface area contributed by atoms with Crippen molar-refractivity contribution in [1.82, 2.24) is 4.90 Å². The van der Waals surface area contributed by atoms with Crippen LogP contribution in [0.3, 0.4) is 0 Å². The third kappa shape index (κ3) is 4.01. The molecular weight excluding hydrogens is 276 g/mol. The maximum Gasteiger partial charge on any atom is 0.224 e. The molecule has 1 aliphatic rings. The van der Waals surface area contributed by atoms with E-state index in [1.165, 1.54) is 0 Å². The number of carbonyl (C=O) groups is 1. The third-order valence-electron chi connectivity index (χ3n) is 4.11. The van der Waals surface area contributed by atoms with Gasteiger partial charge in [0.15, 0.2) is 0 Å². The lowest BCUT2D eigenvalue weighted by molar-refractivity contribution is -0.129. The number of carbonyl (C=O) groups excluding carboxylic acids is 1. The van der Waals surface area contributed by atoms with Gasteiger partial charge in [0, 0.05) is 19.0 Å². The highest BCUT2D eigenvalue weighted by molar-refractivity contribution is 5.80. The van der Waals surface area contributed by atoms with Gasteiger partial charge in [0.05, 0.1) is 12.6 Å². The van der Waals surface area contributed by atoms with Crippen LogP contribution in [0.1, 0.15) is 51.6 Å². The van der Waals surface area contributed by atoms with Gasteiger partial charge in [-0.05, 0) is 36.5 Å². The van der Waals surface area contributed by atoms with E-state index in [1.807, 2.05) is 29.2 Å². The summed E-state index contributed by atoms with van der Waals surface area (Å²) in [5.41, 5.74) is 7.33. The van der Waals surface area contributed by atoms with E-state index in [2.05, 4.69) is 20.8 Å². The monoisotopic (exact) mass is 304 g/mol. The van der Waals surface area contributed by atoms with Crippen LogP contribution < -0.4 is 10.5 Å². The average molecular weight is 304 g/mol. The molecule has 1 aromatic carbocycles. The van der Waals surface area contributed by atoms with E-state index in [-0.39, 0.29) is 18.0 Å². The van der Waals surface area contributed by atoms with E-state index in [9.17, 15) is 4.79 Å². The molecule has 1 aliphatic heterocycles. The average Bonchev–Trinajstić information content (AvgIpc) is 2.77. The molecule has 0 saturated carbocycles. The lowest BCUT2D eigenvalue weighted by Gasteiger charge is -2.28. The van der Waals surface area contributed by atoms with Gasteiger partial charge in [-0.25, -0.2) is 0 Å². The quantitative estimate of drug-likeness (QED) is 0.842. The summed E-state index contributed by atoms with van der Waals surface area (Å²) in [4.78, 5) is 14.2.